The fourth-order valence-electron chi connectivity index (χ4n) is 3.88. The minimum Gasteiger partial charge on any atom is -0.469 e. The molecule has 1 saturated carbocycles. The monoisotopic (exact) mass is 375 g/mol. The highest BCUT2D eigenvalue weighted by atomic mass is 32.1. The van der Waals surface area contributed by atoms with Gasteiger partial charge >= 0.3 is 5.97 Å². The first-order valence-electron chi connectivity index (χ1n) is 9.61. The first-order valence-corrected chi connectivity index (χ1v) is 10.0. The van der Waals surface area contributed by atoms with Gasteiger partial charge in [0.2, 0.25) is 0 Å². The zero-order valence-corrected chi connectivity index (χ0v) is 16.4. The molecule has 6 heteroatoms. The van der Waals surface area contributed by atoms with E-state index in [1.807, 2.05) is 24.3 Å². The number of nitrogens with zero attached hydrogens (tertiary/aromatic N) is 2. The summed E-state index contributed by atoms with van der Waals surface area (Å²) in [7, 11) is 1.41. The Balaban J connectivity index is 1.46. The Kier molecular flexibility index (Phi) is 6.86. The van der Waals surface area contributed by atoms with Crippen molar-refractivity contribution in [2.45, 2.75) is 44.6 Å². The van der Waals surface area contributed by atoms with Gasteiger partial charge in [0, 0.05) is 37.9 Å². The molecule has 1 aromatic carbocycles. The summed E-state index contributed by atoms with van der Waals surface area (Å²) >= 11 is 5.59. The van der Waals surface area contributed by atoms with Gasteiger partial charge < -0.3 is 15.0 Å². The smallest absolute Gasteiger partial charge is 0.309 e. The van der Waals surface area contributed by atoms with Gasteiger partial charge in [0.25, 0.3) is 0 Å². The molecular weight excluding hydrogens is 346 g/mol. The van der Waals surface area contributed by atoms with E-state index in [0.29, 0.717) is 6.42 Å². The number of hydrogen-bond donors (Lipinski definition) is 1. The van der Waals surface area contributed by atoms with Gasteiger partial charge in [-0.2, -0.15) is 0 Å². The highest BCUT2D eigenvalue weighted by molar-refractivity contribution is 7.80. The van der Waals surface area contributed by atoms with E-state index < -0.39 is 0 Å². The molecule has 0 spiro atoms. The van der Waals surface area contributed by atoms with E-state index in [9.17, 15) is 4.79 Å². The van der Waals surface area contributed by atoms with Crippen molar-refractivity contribution in [3.05, 3.63) is 29.8 Å². The molecular formula is C20H29N3O2S. The third kappa shape index (κ3) is 5.17. The summed E-state index contributed by atoms with van der Waals surface area (Å²) in [6, 6.07) is 8.58. The number of carbonyl (C=O) groups is 1. The first-order chi connectivity index (χ1) is 12.7. The molecule has 1 aromatic rings. The second-order valence-corrected chi connectivity index (χ2v) is 7.58. The molecule has 0 unspecified atom stereocenters. The molecule has 26 heavy (non-hydrogen) atoms. The standard InChI is InChI=1S/C20H29N3O2S/c1-25-19(24)15-16-7-9-17(10-8-16)21-20(26)23-13-11-22(12-14-23)18-5-3-2-4-6-18/h7-10,18H,2-6,11-15H2,1H3,(H,21,26). The molecule has 1 heterocycles. The van der Waals surface area contributed by atoms with Crippen LogP contribution in [0.4, 0.5) is 5.69 Å². The fourth-order valence-corrected chi connectivity index (χ4v) is 4.18. The van der Waals surface area contributed by atoms with Crippen molar-refractivity contribution in [3.63, 3.8) is 0 Å². The van der Waals surface area contributed by atoms with Gasteiger partial charge in [0.15, 0.2) is 5.11 Å². The molecule has 0 radical (unpaired) electrons. The molecule has 0 atom stereocenters. The number of esters is 1. The maximum absolute atomic E-state index is 11.3. The van der Waals surface area contributed by atoms with Crippen molar-refractivity contribution >= 4 is 29.0 Å². The number of anilines is 1. The highest BCUT2D eigenvalue weighted by Crippen LogP contribution is 2.23. The number of carbonyl (C=O) groups excluding carboxylic acids is 1. The van der Waals surface area contributed by atoms with Crippen LogP contribution in [0.25, 0.3) is 0 Å². The minimum atomic E-state index is -0.225. The lowest BCUT2D eigenvalue weighted by Crippen LogP contribution is -2.53. The number of piperazine rings is 1. The van der Waals surface area contributed by atoms with Crippen LogP contribution in [-0.4, -0.2) is 60.2 Å². The van der Waals surface area contributed by atoms with Gasteiger partial charge in [-0.15, -0.1) is 0 Å². The molecule has 1 N–H and O–H groups in total. The van der Waals surface area contributed by atoms with E-state index in [1.54, 1.807) is 0 Å². The SMILES string of the molecule is COC(=O)Cc1ccc(NC(=S)N2CCN(C3CCCCC3)CC2)cc1. The number of nitrogens with one attached hydrogen (secondary N) is 1. The zero-order chi connectivity index (χ0) is 18.4. The third-order valence-electron chi connectivity index (χ3n) is 5.47. The highest BCUT2D eigenvalue weighted by Gasteiger charge is 2.25. The van der Waals surface area contributed by atoms with Crippen molar-refractivity contribution in [1.82, 2.24) is 9.80 Å². The zero-order valence-electron chi connectivity index (χ0n) is 15.6. The number of methoxy groups -OCH3 is 1. The predicted octanol–water partition coefficient (Wildman–Crippen LogP) is 3.05. The Morgan fingerprint density at radius 1 is 1.12 bits per heavy atom. The lowest BCUT2D eigenvalue weighted by molar-refractivity contribution is -0.139. The van der Waals surface area contributed by atoms with Crippen molar-refractivity contribution in [2.24, 2.45) is 0 Å². The Morgan fingerprint density at radius 3 is 2.38 bits per heavy atom. The van der Waals surface area contributed by atoms with Gasteiger partial charge in [-0.25, -0.2) is 0 Å². The second-order valence-electron chi connectivity index (χ2n) is 7.19. The van der Waals surface area contributed by atoms with Crippen LogP contribution in [0, 0.1) is 0 Å². The van der Waals surface area contributed by atoms with Crippen LogP contribution in [0.2, 0.25) is 0 Å². The fraction of sp³-hybridized carbons (Fsp3) is 0.600. The normalized spacial score (nSPS) is 19.2. The van der Waals surface area contributed by atoms with E-state index >= 15 is 0 Å². The molecule has 0 aromatic heterocycles. The Labute approximate surface area is 161 Å². The van der Waals surface area contributed by atoms with E-state index in [-0.39, 0.29) is 5.97 Å². The number of hydrogen-bond acceptors (Lipinski definition) is 4. The van der Waals surface area contributed by atoms with Crippen LogP contribution < -0.4 is 5.32 Å². The number of thiocarbonyl (C=S) groups is 1. The van der Waals surface area contributed by atoms with Crippen molar-refractivity contribution in [3.8, 4) is 0 Å². The van der Waals surface area contributed by atoms with Crippen LogP contribution in [0.15, 0.2) is 24.3 Å². The van der Waals surface area contributed by atoms with E-state index in [2.05, 4.69) is 15.1 Å². The molecule has 1 aliphatic carbocycles. The molecule has 3 rings (SSSR count). The topological polar surface area (TPSA) is 44.8 Å². The molecule has 0 amide bonds. The van der Waals surface area contributed by atoms with Crippen molar-refractivity contribution in [1.29, 1.82) is 0 Å². The summed E-state index contributed by atoms with van der Waals surface area (Å²) in [6.45, 7) is 4.18. The average Bonchev–Trinajstić information content (AvgIpc) is 2.70. The number of ether oxygens (including phenoxy) is 1. The van der Waals surface area contributed by atoms with Crippen LogP contribution in [0.5, 0.6) is 0 Å². The number of rotatable bonds is 4. The second kappa shape index (κ2) is 9.33. The van der Waals surface area contributed by atoms with Crippen LogP contribution >= 0.6 is 12.2 Å². The summed E-state index contributed by atoms with van der Waals surface area (Å²) in [5, 5.41) is 4.11. The lowest BCUT2D eigenvalue weighted by atomic mass is 9.94. The molecule has 1 aliphatic heterocycles. The van der Waals surface area contributed by atoms with Crippen LogP contribution in [0.1, 0.15) is 37.7 Å². The molecule has 1 saturated heterocycles. The molecule has 2 aliphatic rings. The van der Waals surface area contributed by atoms with Gasteiger partial charge in [-0.3, -0.25) is 9.69 Å². The van der Waals surface area contributed by atoms with Gasteiger partial charge in [0.05, 0.1) is 13.5 Å². The van der Waals surface area contributed by atoms with E-state index in [0.717, 1.165) is 48.6 Å². The summed E-state index contributed by atoms with van der Waals surface area (Å²) in [6.07, 6.45) is 7.20. The lowest BCUT2D eigenvalue weighted by Gasteiger charge is -2.41. The van der Waals surface area contributed by atoms with E-state index in [1.165, 1.54) is 39.2 Å². The quantitative estimate of drug-likeness (QED) is 0.645. The number of benzene rings is 1. The summed E-state index contributed by atoms with van der Waals surface area (Å²) < 4.78 is 4.69. The maximum atomic E-state index is 11.3. The van der Waals surface area contributed by atoms with E-state index in [4.69, 9.17) is 17.0 Å². The van der Waals surface area contributed by atoms with Crippen molar-refractivity contribution in [2.75, 3.05) is 38.6 Å². The molecule has 142 valence electrons. The maximum Gasteiger partial charge on any atom is 0.309 e. The summed E-state index contributed by atoms with van der Waals surface area (Å²) in [4.78, 5) is 16.2. The van der Waals surface area contributed by atoms with Crippen LogP contribution in [-0.2, 0) is 16.0 Å². The third-order valence-corrected chi connectivity index (χ3v) is 5.83. The Bertz CT molecular complexity index is 606. The predicted molar refractivity (Wildman–Crippen MR) is 108 cm³/mol. The van der Waals surface area contributed by atoms with Crippen LogP contribution in [0.3, 0.4) is 0 Å². The van der Waals surface area contributed by atoms with Crippen molar-refractivity contribution < 1.29 is 9.53 Å². The molecule has 2 fully saturated rings. The Morgan fingerprint density at radius 2 is 1.77 bits per heavy atom. The molecule has 5 nitrogen and oxygen atoms in total. The minimum absolute atomic E-state index is 0.225. The summed E-state index contributed by atoms with van der Waals surface area (Å²) in [5.41, 5.74) is 1.90. The Hall–Kier alpha value is -1.66. The average molecular weight is 376 g/mol. The summed E-state index contributed by atoms with van der Waals surface area (Å²) in [5.74, 6) is -0.225. The first kappa shape index (κ1) is 19.1. The largest absolute Gasteiger partial charge is 0.469 e. The molecule has 0 bridgehead atoms. The van der Waals surface area contributed by atoms with Gasteiger partial charge in [0.1, 0.15) is 0 Å². The van der Waals surface area contributed by atoms with Gasteiger partial charge in [-0.1, -0.05) is 31.4 Å². The van der Waals surface area contributed by atoms with Gasteiger partial charge in [-0.05, 0) is 42.8 Å².